The van der Waals surface area contributed by atoms with Crippen molar-refractivity contribution in [3.05, 3.63) is 34.3 Å². The van der Waals surface area contributed by atoms with Gasteiger partial charge in [-0.15, -0.1) is 6.42 Å². The van der Waals surface area contributed by atoms with Crippen molar-refractivity contribution in [2.24, 2.45) is 0 Å². The van der Waals surface area contributed by atoms with Gasteiger partial charge in [0.1, 0.15) is 6.61 Å². The van der Waals surface area contributed by atoms with Gasteiger partial charge in [-0.25, -0.2) is 0 Å². The van der Waals surface area contributed by atoms with Gasteiger partial charge in [-0.3, -0.25) is 0 Å². The Kier molecular flexibility index (Phi) is 6.94. The number of benzene rings is 1. The van der Waals surface area contributed by atoms with Crippen LogP contribution in [0.2, 0.25) is 5.02 Å². The van der Waals surface area contributed by atoms with E-state index in [0.29, 0.717) is 19.6 Å². The second kappa shape index (κ2) is 8.59. The van der Waals surface area contributed by atoms with Crippen molar-refractivity contribution >= 4 is 11.6 Å². The molecule has 1 aliphatic heterocycles. The number of alkyl halides is 3. The number of halogens is 4. The highest BCUT2D eigenvalue weighted by Gasteiger charge is 2.38. The molecule has 0 amide bonds. The highest BCUT2D eigenvalue weighted by atomic mass is 35.5. The standard InChI is InChI=1S/C18H21ClF3NO3/c1-2-9-26-12-14(24)11-23-7-5-17(25,6-8-23)13-3-4-16(19)15(10-13)18(20,21)22/h1,3-4,10,14,24-25H,5-9,11-12H2. The Morgan fingerprint density at radius 1 is 1.35 bits per heavy atom. The van der Waals surface area contributed by atoms with Gasteiger partial charge in [0.2, 0.25) is 0 Å². The molecule has 1 aliphatic rings. The minimum absolute atomic E-state index is 0.108. The van der Waals surface area contributed by atoms with Gasteiger partial charge in [-0.2, -0.15) is 13.2 Å². The molecule has 2 rings (SSSR count). The smallest absolute Gasteiger partial charge is 0.389 e. The van der Waals surface area contributed by atoms with Crippen LogP contribution in [0.5, 0.6) is 0 Å². The number of rotatable bonds is 6. The molecule has 0 radical (unpaired) electrons. The van der Waals surface area contributed by atoms with Crippen LogP contribution in [0.4, 0.5) is 13.2 Å². The molecule has 0 spiro atoms. The maximum atomic E-state index is 13.0. The van der Waals surface area contributed by atoms with Gasteiger partial charge in [0, 0.05) is 19.6 Å². The lowest BCUT2D eigenvalue weighted by molar-refractivity contribution is -0.137. The van der Waals surface area contributed by atoms with Crippen molar-refractivity contribution in [1.82, 2.24) is 4.90 Å². The molecule has 2 N–H and O–H groups in total. The summed E-state index contributed by atoms with van der Waals surface area (Å²) >= 11 is 5.64. The van der Waals surface area contributed by atoms with Crippen LogP contribution in [-0.2, 0) is 16.5 Å². The predicted octanol–water partition coefficient (Wildman–Crippen LogP) is 2.65. The topological polar surface area (TPSA) is 52.9 Å². The van der Waals surface area contributed by atoms with Crippen molar-refractivity contribution in [2.45, 2.75) is 30.7 Å². The average Bonchev–Trinajstić information content (AvgIpc) is 2.56. The largest absolute Gasteiger partial charge is 0.417 e. The summed E-state index contributed by atoms with van der Waals surface area (Å²) in [6.07, 6.45) is 0.268. The predicted molar refractivity (Wildman–Crippen MR) is 91.7 cm³/mol. The Bertz CT molecular complexity index is 652. The summed E-state index contributed by atoms with van der Waals surface area (Å²) in [5.74, 6) is 2.31. The lowest BCUT2D eigenvalue weighted by Crippen LogP contribution is -2.45. The van der Waals surface area contributed by atoms with Crippen LogP contribution in [0.15, 0.2) is 18.2 Å². The molecule has 8 heteroatoms. The highest BCUT2D eigenvalue weighted by molar-refractivity contribution is 6.31. The third kappa shape index (κ3) is 5.35. The lowest BCUT2D eigenvalue weighted by Gasteiger charge is -2.39. The molecule has 1 atom stereocenters. The van der Waals surface area contributed by atoms with E-state index in [1.165, 1.54) is 6.07 Å². The molecule has 0 aliphatic carbocycles. The summed E-state index contributed by atoms with van der Waals surface area (Å²) in [5, 5.41) is 20.3. The number of piperidine rings is 1. The normalized spacial score (nSPS) is 19.1. The first-order valence-electron chi connectivity index (χ1n) is 8.17. The summed E-state index contributed by atoms with van der Waals surface area (Å²) < 4.78 is 44.2. The van der Waals surface area contributed by atoms with Gasteiger partial charge < -0.3 is 19.8 Å². The van der Waals surface area contributed by atoms with Gasteiger partial charge in [-0.05, 0) is 30.5 Å². The summed E-state index contributed by atoms with van der Waals surface area (Å²) in [6, 6.07) is 3.51. The number of nitrogens with zero attached hydrogens (tertiary/aromatic N) is 1. The van der Waals surface area contributed by atoms with E-state index in [-0.39, 0.29) is 31.6 Å². The number of β-amino-alcohol motifs (C(OH)–C–C–N with tert-alkyl or cyclic N) is 1. The van der Waals surface area contributed by atoms with E-state index >= 15 is 0 Å². The molecule has 1 heterocycles. The Labute approximate surface area is 155 Å². The maximum Gasteiger partial charge on any atom is 0.417 e. The molecule has 1 unspecified atom stereocenters. The number of aliphatic hydroxyl groups excluding tert-OH is 1. The van der Waals surface area contributed by atoms with Crippen LogP contribution in [0, 0.1) is 12.3 Å². The molecule has 0 bridgehead atoms. The van der Waals surface area contributed by atoms with Crippen molar-refractivity contribution in [1.29, 1.82) is 0 Å². The molecule has 26 heavy (non-hydrogen) atoms. The van der Waals surface area contributed by atoms with Crippen LogP contribution < -0.4 is 0 Å². The Morgan fingerprint density at radius 2 is 2.00 bits per heavy atom. The van der Waals surface area contributed by atoms with E-state index in [2.05, 4.69) is 5.92 Å². The van der Waals surface area contributed by atoms with Gasteiger partial charge >= 0.3 is 6.18 Å². The molecule has 1 saturated heterocycles. The number of hydrogen-bond donors (Lipinski definition) is 2. The van der Waals surface area contributed by atoms with E-state index in [1.54, 1.807) is 0 Å². The van der Waals surface area contributed by atoms with Gasteiger partial charge in [-0.1, -0.05) is 23.6 Å². The Balaban J connectivity index is 1.98. The minimum atomic E-state index is -4.58. The van der Waals surface area contributed by atoms with Crippen LogP contribution in [-0.4, -0.2) is 54.1 Å². The molecule has 4 nitrogen and oxygen atoms in total. The third-order valence-electron chi connectivity index (χ3n) is 4.46. The van der Waals surface area contributed by atoms with Crippen LogP contribution in [0.3, 0.4) is 0 Å². The summed E-state index contributed by atoms with van der Waals surface area (Å²) in [5.41, 5.74) is -2.10. The molecular formula is C18H21ClF3NO3. The van der Waals surface area contributed by atoms with Crippen LogP contribution >= 0.6 is 11.6 Å². The van der Waals surface area contributed by atoms with Crippen molar-refractivity contribution in [2.75, 3.05) is 32.8 Å². The summed E-state index contributed by atoms with van der Waals surface area (Å²) in [7, 11) is 0. The molecule has 1 aromatic carbocycles. The summed E-state index contributed by atoms with van der Waals surface area (Å²) in [4.78, 5) is 1.93. The van der Waals surface area contributed by atoms with Crippen molar-refractivity contribution in [3.63, 3.8) is 0 Å². The number of aliphatic hydroxyl groups is 2. The Morgan fingerprint density at radius 3 is 2.58 bits per heavy atom. The van der Waals surface area contributed by atoms with E-state index < -0.39 is 28.5 Å². The van der Waals surface area contributed by atoms with Gasteiger partial charge in [0.25, 0.3) is 0 Å². The number of likely N-dealkylation sites (tertiary alicyclic amines) is 1. The van der Waals surface area contributed by atoms with Crippen molar-refractivity contribution < 1.29 is 28.1 Å². The Hall–Kier alpha value is -1.30. The zero-order valence-electron chi connectivity index (χ0n) is 14.1. The molecule has 0 saturated carbocycles. The number of hydrogen-bond acceptors (Lipinski definition) is 4. The SMILES string of the molecule is C#CCOCC(O)CN1CCC(O)(c2ccc(Cl)c(C(F)(F)F)c2)CC1. The maximum absolute atomic E-state index is 13.0. The van der Waals surface area contributed by atoms with E-state index in [9.17, 15) is 23.4 Å². The number of ether oxygens (including phenoxy) is 1. The minimum Gasteiger partial charge on any atom is -0.389 e. The highest BCUT2D eigenvalue weighted by Crippen LogP contribution is 2.39. The van der Waals surface area contributed by atoms with Crippen LogP contribution in [0.1, 0.15) is 24.0 Å². The fraction of sp³-hybridized carbons (Fsp3) is 0.556. The molecule has 0 aromatic heterocycles. The molecule has 1 fully saturated rings. The second-order valence-corrected chi connectivity index (χ2v) is 6.80. The van der Waals surface area contributed by atoms with Gasteiger partial charge in [0.05, 0.1) is 28.9 Å². The summed E-state index contributed by atoms with van der Waals surface area (Å²) in [6.45, 7) is 1.44. The molecule has 144 valence electrons. The fourth-order valence-corrected chi connectivity index (χ4v) is 3.26. The van der Waals surface area contributed by atoms with E-state index in [4.69, 9.17) is 22.8 Å². The van der Waals surface area contributed by atoms with Gasteiger partial charge in [0.15, 0.2) is 0 Å². The molecule has 1 aromatic rings. The zero-order chi connectivity index (χ0) is 19.4. The first-order valence-corrected chi connectivity index (χ1v) is 8.55. The zero-order valence-corrected chi connectivity index (χ0v) is 14.9. The molecular weight excluding hydrogens is 371 g/mol. The third-order valence-corrected chi connectivity index (χ3v) is 4.79. The van der Waals surface area contributed by atoms with E-state index in [1.807, 2.05) is 4.90 Å². The van der Waals surface area contributed by atoms with E-state index in [0.717, 1.165) is 12.1 Å². The van der Waals surface area contributed by atoms with Crippen molar-refractivity contribution in [3.8, 4) is 12.3 Å². The quantitative estimate of drug-likeness (QED) is 0.578. The fourth-order valence-electron chi connectivity index (χ4n) is 3.03. The lowest BCUT2D eigenvalue weighted by atomic mass is 9.83. The monoisotopic (exact) mass is 391 g/mol. The first-order chi connectivity index (χ1) is 12.2. The van der Waals surface area contributed by atoms with Crippen LogP contribution in [0.25, 0.3) is 0 Å². The number of terminal acetylenes is 1. The first kappa shape index (κ1) is 21.0. The average molecular weight is 392 g/mol. The second-order valence-electron chi connectivity index (χ2n) is 6.40.